The number of ether oxygens (including phenoxy) is 1. The Morgan fingerprint density at radius 3 is 2.52 bits per heavy atom. The van der Waals surface area contributed by atoms with E-state index in [4.69, 9.17) is 27.9 Å². The third kappa shape index (κ3) is 3.89. The van der Waals surface area contributed by atoms with Crippen molar-refractivity contribution in [2.24, 2.45) is 4.99 Å². The Balaban J connectivity index is 1.83. The molecule has 1 heterocycles. The van der Waals surface area contributed by atoms with Crippen LogP contribution in [0.3, 0.4) is 0 Å². The van der Waals surface area contributed by atoms with Gasteiger partial charge in [-0.15, -0.1) is 0 Å². The van der Waals surface area contributed by atoms with Crippen molar-refractivity contribution in [3.05, 3.63) is 81.5 Å². The van der Waals surface area contributed by atoms with Gasteiger partial charge in [-0.2, -0.15) is 0 Å². The molecule has 0 unspecified atom stereocenters. The Morgan fingerprint density at radius 2 is 1.78 bits per heavy atom. The molecule has 0 amide bonds. The van der Waals surface area contributed by atoms with Gasteiger partial charge < -0.3 is 4.74 Å². The maximum Gasteiger partial charge on any atom is 0.363 e. The molecular formula is C18H11Cl2NO2. The Morgan fingerprint density at radius 1 is 1.00 bits per heavy atom. The van der Waals surface area contributed by atoms with E-state index in [9.17, 15) is 4.79 Å². The average Bonchev–Trinajstić information content (AvgIpc) is 2.89. The molecule has 0 saturated heterocycles. The third-order valence-electron chi connectivity index (χ3n) is 3.11. The van der Waals surface area contributed by atoms with E-state index in [0.717, 1.165) is 5.56 Å². The molecule has 3 rings (SSSR count). The number of hydrogen-bond acceptors (Lipinski definition) is 3. The number of esters is 1. The summed E-state index contributed by atoms with van der Waals surface area (Å²) in [6, 6.07) is 14.7. The summed E-state index contributed by atoms with van der Waals surface area (Å²) in [6.07, 6.45) is 5.05. The number of nitrogens with zero attached hydrogens (tertiary/aromatic N) is 1. The molecule has 0 aromatic heterocycles. The van der Waals surface area contributed by atoms with Crippen molar-refractivity contribution in [3.63, 3.8) is 0 Å². The van der Waals surface area contributed by atoms with E-state index in [2.05, 4.69) is 4.99 Å². The lowest BCUT2D eigenvalue weighted by Gasteiger charge is -1.98. The molecule has 0 radical (unpaired) electrons. The van der Waals surface area contributed by atoms with Gasteiger partial charge in [-0.25, -0.2) is 9.79 Å². The van der Waals surface area contributed by atoms with Crippen LogP contribution in [0.1, 0.15) is 11.1 Å². The molecule has 0 bridgehead atoms. The van der Waals surface area contributed by atoms with Crippen LogP contribution in [-0.4, -0.2) is 11.9 Å². The first-order valence-electron chi connectivity index (χ1n) is 6.82. The topological polar surface area (TPSA) is 38.7 Å². The fraction of sp³-hybridized carbons (Fsp3) is 0. The molecule has 0 aliphatic carbocycles. The van der Waals surface area contributed by atoms with Gasteiger partial charge >= 0.3 is 5.97 Å². The van der Waals surface area contributed by atoms with Crippen LogP contribution in [0.25, 0.3) is 12.2 Å². The van der Waals surface area contributed by atoms with E-state index in [-0.39, 0.29) is 11.6 Å². The van der Waals surface area contributed by atoms with Crippen LogP contribution in [0.15, 0.2) is 65.3 Å². The lowest BCUT2D eigenvalue weighted by atomic mass is 10.2. The fourth-order valence-electron chi connectivity index (χ4n) is 1.99. The number of carbonyl (C=O) groups excluding carboxylic acids is 1. The largest absolute Gasteiger partial charge is 0.403 e. The number of benzene rings is 2. The van der Waals surface area contributed by atoms with Gasteiger partial charge in [0, 0.05) is 16.1 Å². The van der Waals surface area contributed by atoms with E-state index < -0.39 is 5.97 Å². The van der Waals surface area contributed by atoms with Crippen LogP contribution in [0.2, 0.25) is 10.0 Å². The standard InChI is InChI=1S/C18H11Cl2NO2/c19-14-8-7-13(15(20)11-14)10-16-18(22)23-17(21-16)9-6-12-4-2-1-3-5-12/h1-11H. The van der Waals surface area contributed by atoms with Crippen molar-refractivity contribution in [1.29, 1.82) is 0 Å². The first kappa shape index (κ1) is 15.5. The molecule has 0 spiro atoms. The van der Waals surface area contributed by atoms with E-state index in [1.165, 1.54) is 0 Å². The summed E-state index contributed by atoms with van der Waals surface area (Å²) >= 11 is 11.9. The zero-order valence-electron chi connectivity index (χ0n) is 11.9. The minimum absolute atomic E-state index is 0.196. The van der Waals surface area contributed by atoms with Crippen LogP contribution in [-0.2, 0) is 9.53 Å². The highest BCUT2D eigenvalue weighted by atomic mass is 35.5. The van der Waals surface area contributed by atoms with Crippen LogP contribution >= 0.6 is 23.2 Å². The maximum atomic E-state index is 11.9. The number of aliphatic imine (C=N–C) groups is 1. The summed E-state index contributed by atoms with van der Waals surface area (Å²) in [7, 11) is 0. The van der Waals surface area contributed by atoms with Crippen molar-refractivity contribution in [1.82, 2.24) is 0 Å². The Kier molecular flexibility index (Phi) is 4.60. The Labute approximate surface area is 143 Å². The van der Waals surface area contributed by atoms with E-state index in [1.807, 2.05) is 36.4 Å². The van der Waals surface area contributed by atoms with Crippen molar-refractivity contribution in [2.75, 3.05) is 0 Å². The molecule has 0 atom stereocenters. The highest BCUT2D eigenvalue weighted by Crippen LogP contribution is 2.25. The van der Waals surface area contributed by atoms with Gasteiger partial charge in [0.25, 0.3) is 0 Å². The number of carbonyl (C=O) groups is 1. The fourth-order valence-corrected chi connectivity index (χ4v) is 2.46. The molecule has 5 heteroatoms. The lowest BCUT2D eigenvalue weighted by Crippen LogP contribution is -2.01. The van der Waals surface area contributed by atoms with Gasteiger partial charge in [0.2, 0.25) is 5.90 Å². The third-order valence-corrected chi connectivity index (χ3v) is 3.67. The SMILES string of the molecule is O=C1OC(C=Cc2ccccc2)=NC1=Cc1ccc(Cl)cc1Cl. The molecule has 2 aromatic rings. The van der Waals surface area contributed by atoms with E-state index >= 15 is 0 Å². The van der Waals surface area contributed by atoms with Crippen LogP contribution < -0.4 is 0 Å². The predicted molar refractivity (Wildman–Crippen MR) is 93.4 cm³/mol. The summed E-state index contributed by atoms with van der Waals surface area (Å²) in [4.78, 5) is 16.0. The van der Waals surface area contributed by atoms with Crippen LogP contribution in [0, 0.1) is 0 Å². The molecular weight excluding hydrogens is 333 g/mol. The highest BCUT2D eigenvalue weighted by Gasteiger charge is 2.21. The maximum absolute atomic E-state index is 11.9. The molecule has 0 saturated carbocycles. The normalized spacial score (nSPS) is 16.0. The summed E-state index contributed by atoms with van der Waals surface area (Å²) < 4.78 is 5.12. The lowest BCUT2D eigenvalue weighted by molar-refractivity contribution is -0.129. The minimum Gasteiger partial charge on any atom is -0.403 e. The Hall–Kier alpha value is -2.36. The first-order valence-corrected chi connectivity index (χ1v) is 7.58. The molecule has 2 aromatic carbocycles. The minimum atomic E-state index is -0.510. The van der Waals surface area contributed by atoms with E-state index in [1.54, 1.807) is 30.4 Å². The molecule has 0 fully saturated rings. The second-order valence-electron chi connectivity index (χ2n) is 4.78. The molecule has 23 heavy (non-hydrogen) atoms. The molecule has 114 valence electrons. The van der Waals surface area contributed by atoms with E-state index in [0.29, 0.717) is 15.6 Å². The van der Waals surface area contributed by atoms with Crippen LogP contribution in [0.4, 0.5) is 0 Å². The van der Waals surface area contributed by atoms with Gasteiger partial charge in [0.15, 0.2) is 5.70 Å². The summed E-state index contributed by atoms with van der Waals surface area (Å²) in [5.41, 5.74) is 1.84. The predicted octanol–water partition coefficient (Wildman–Crippen LogP) is 5.00. The number of halogens is 2. The Bertz CT molecular complexity index is 839. The van der Waals surface area contributed by atoms with Crippen LogP contribution in [0.5, 0.6) is 0 Å². The zero-order chi connectivity index (χ0) is 16.2. The van der Waals surface area contributed by atoms with Gasteiger partial charge in [0.05, 0.1) is 0 Å². The second-order valence-corrected chi connectivity index (χ2v) is 5.62. The molecule has 3 nitrogen and oxygen atoms in total. The van der Waals surface area contributed by atoms with Crippen molar-refractivity contribution < 1.29 is 9.53 Å². The molecule has 0 N–H and O–H groups in total. The van der Waals surface area contributed by atoms with Crippen molar-refractivity contribution in [3.8, 4) is 0 Å². The molecule has 1 aliphatic rings. The van der Waals surface area contributed by atoms with Gasteiger partial charge in [-0.05, 0) is 35.4 Å². The number of rotatable bonds is 3. The summed E-state index contributed by atoms with van der Waals surface area (Å²) in [5, 5.41) is 0.974. The average molecular weight is 344 g/mol. The molecule has 1 aliphatic heterocycles. The highest BCUT2D eigenvalue weighted by molar-refractivity contribution is 6.35. The quantitative estimate of drug-likeness (QED) is 0.580. The number of cyclic esters (lactones) is 1. The monoisotopic (exact) mass is 343 g/mol. The second kappa shape index (κ2) is 6.82. The van der Waals surface area contributed by atoms with Crippen molar-refractivity contribution in [2.45, 2.75) is 0 Å². The smallest absolute Gasteiger partial charge is 0.363 e. The summed E-state index contributed by atoms with van der Waals surface area (Å²) in [5.74, 6) is -0.265. The zero-order valence-corrected chi connectivity index (χ0v) is 13.4. The van der Waals surface area contributed by atoms with Gasteiger partial charge in [-0.1, -0.05) is 59.6 Å². The van der Waals surface area contributed by atoms with Crippen molar-refractivity contribution >= 4 is 47.2 Å². The first-order chi connectivity index (χ1) is 11.1. The summed E-state index contributed by atoms with van der Waals surface area (Å²) in [6.45, 7) is 0. The number of hydrogen-bond donors (Lipinski definition) is 0. The van der Waals surface area contributed by atoms with Gasteiger partial charge in [-0.3, -0.25) is 0 Å². The van der Waals surface area contributed by atoms with Gasteiger partial charge in [0.1, 0.15) is 0 Å².